The van der Waals surface area contributed by atoms with Gasteiger partial charge in [-0.15, -0.1) is 0 Å². The summed E-state index contributed by atoms with van der Waals surface area (Å²) >= 11 is 0. The van der Waals surface area contributed by atoms with Crippen molar-refractivity contribution < 1.29 is 58.7 Å². The summed E-state index contributed by atoms with van der Waals surface area (Å²) in [6, 6.07) is 10.3. The van der Waals surface area contributed by atoms with Crippen LogP contribution in [0.25, 0.3) is 0 Å². The molecule has 0 saturated heterocycles. The number of benzene rings is 2. The predicted molar refractivity (Wildman–Crippen MR) is 121 cm³/mol. The molecule has 5 N–H and O–H groups in total. The molecule has 0 atom stereocenters. The quantitative estimate of drug-likeness (QED) is 0.572. The number of fused-ring (bicyclic) bond motifs is 1. The molecule has 2 aromatic rings. The molecule has 1 amide bonds. The maximum absolute atomic E-state index is 12.2. The first-order valence-corrected chi connectivity index (χ1v) is 10.4. The van der Waals surface area contributed by atoms with Gasteiger partial charge in [-0.05, 0) is 56.0 Å². The molecule has 11 heteroatoms. The van der Waals surface area contributed by atoms with E-state index in [-0.39, 0.29) is 41.5 Å². The van der Waals surface area contributed by atoms with Crippen molar-refractivity contribution in [3.05, 3.63) is 47.5 Å². The third kappa shape index (κ3) is 6.81. The van der Waals surface area contributed by atoms with Gasteiger partial charge in [-0.1, -0.05) is 6.07 Å². The van der Waals surface area contributed by atoms with Gasteiger partial charge in [-0.25, -0.2) is 9.59 Å². The van der Waals surface area contributed by atoms with Crippen molar-refractivity contribution in [2.45, 2.75) is 38.3 Å². The van der Waals surface area contributed by atoms with E-state index in [4.69, 9.17) is 14.2 Å². The first kappa shape index (κ1) is 29.1. The molecule has 1 aliphatic carbocycles. The van der Waals surface area contributed by atoms with Gasteiger partial charge in [0.25, 0.3) is 0 Å². The van der Waals surface area contributed by atoms with Crippen molar-refractivity contribution in [2.24, 2.45) is 0 Å². The van der Waals surface area contributed by atoms with E-state index >= 15 is 0 Å². The van der Waals surface area contributed by atoms with Crippen LogP contribution in [-0.4, -0.2) is 54.5 Å². The zero-order valence-corrected chi connectivity index (χ0v) is 19.4. The second-order valence-corrected chi connectivity index (χ2v) is 7.72. The number of carbonyl (C=O) groups is 2. The number of nitrogens with zero attached hydrogens (tertiary/aromatic N) is 1. The topological polar surface area (TPSA) is 159 Å². The number of carboxylic acid groups (broad SMARTS) is 1. The van der Waals surface area contributed by atoms with E-state index in [1.54, 1.807) is 18.2 Å². The number of ether oxygens (including phenoxy) is 3. The summed E-state index contributed by atoms with van der Waals surface area (Å²) in [4.78, 5) is 25.6. The fraction of sp³-hybridized carbons (Fsp3) is 0.391. The minimum absolute atomic E-state index is 0. The van der Waals surface area contributed by atoms with Crippen LogP contribution in [0.5, 0.6) is 11.5 Å². The van der Waals surface area contributed by atoms with Crippen LogP contribution in [0, 0.1) is 0 Å². The van der Waals surface area contributed by atoms with E-state index in [1.807, 2.05) is 12.1 Å². The zero-order valence-electron chi connectivity index (χ0n) is 19.4. The largest absolute Gasteiger partial charge is 1.00 e. The molecular weight excluding hydrogens is 439 g/mol. The van der Waals surface area contributed by atoms with Crippen LogP contribution in [0.2, 0.25) is 0 Å². The van der Waals surface area contributed by atoms with E-state index in [0.717, 1.165) is 42.7 Å². The second kappa shape index (κ2) is 13.1. The Balaban J connectivity index is 0.00000193. The van der Waals surface area contributed by atoms with Gasteiger partial charge in [-0.2, -0.15) is 0 Å². The summed E-state index contributed by atoms with van der Waals surface area (Å²) < 4.78 is 16.7. The van der Waals surface area contributed by atoms with Crippen LogP contribution in [0.1, 0.15) is 41.6 Å². The molecule has 0 spiro atoms. The molecule has 4 rings (SSSR count). The minimum Gasteiger partial charge on any atom is -0.870 e. The fourth-order valence-electron chi connectivity index (χ4n) is 4.03. The van der Waals surface area contributed by atoms with Gasteiger partial charge >= 0.3 is 30.9 Å². The number of anilines is 2. The number of hydrogen-bond donors (Lipinski definition) is 2. The van der Waals surface area contributed by atoms with E-state index in [2.05, 4.69) is 10.2 Å². The molecule has 1 fully saturated rings. The van der Waals surface area contributed by atoms with Gasteiger partial charge in [0.1, 0.15) is 24.2 Å². The monoisotopic (exact) mass is 468 g/mol. The normalized spacial score (nSPS) is 14.3. The summed E-state index contributed by atoms with van der Waals surface area (Å²) in [6.07, 6.45) is 3.59. The van der Waals surface area contributed by atoms with E-state index < -0.39 is 12.1 Å². The van der Waals surface area contributed by atoms with Crippen LogP contribution in [-0.2, 0) is 11.3 Å². The number of carbonyl (C=O) groups excluding carboxylic acids is 1. The number of rotatable bonds is 6. The molecule has 1 saturated carbocycles. The molecule has 2 aliphatic rings. The minimum atomic E-state index is -0.998. The van der Waals surface area contributed by atoms with Crippen molar-refractivity contribution in [1.82, 2.24) is 0 Å². The standard InChI is InChI=1S/C23H26N2O6.Li.2H2O/c1-29-21-12-15(22(26)27)6-7-16(21)14-25-10-11-30-20-9-8-17(13-19(20)25)24-23(28)31-18-4-2-3-5-18;;;/h6-9,12-13,18H,2-5,10-11,14H2,1H3,(H,24,28)(H,26,27);;2*1H2/q;+1;;/p-1. The first-order chi connectivity index (χ1) is 15.0. The molecule has 2 aromatic carbocycles. The Bertz CT molecular complexity index is 981. The van der Waals surface area contributed by atoms with Crippen molar-refractivity contribution in [3.8, 4) is 11.5 Å². The van der Waals surface area contributed by atoms with Crippen LogP contribution in [0.3, 0.4) is 0 Å². The van der Waals surface area contributed by atoms with E-state index in [0.29, 0.717) is 31.1 Å². The fourth-order valence-corrected chi connectivity index (χ4v) is 4.03. The summed E-state index contributed by atoms with van der Waals surface area (Å²) in [7, 11) is 1.52. The smallest absolute Gasteiger partial charge is 0.870 e. The van der Waals surface area contributed by atoms with Crippen molar-refractivity contribution in [2.75, 3.05) is 30.5 Å². The molecule has 0 aromatic heterocycles. The summed E-state index contributed by atoms with van der Waals surface area (Å²) in [5.41, 5.74) is 2.51. The van der Waals surface area contributed by atoms with Crippen LogP contribution in [0.4, 0.5) is 16.2 Å². The molecule has 0 unspecified atom stereocenters. The summed E-state index contributed by atoms with van der Waals surface area (Å²) in [5.74, 6) is 0.242. The van der Waals surface area contributed by atoms with Crippen molar-refractivity contribution >= 4 is 23.4 Å². The van der Waals surface area contributed by atoms with E-state index in [1.165, 1.54) is 13.2 Å². The van der Waals surface area contributed by atoms with Gasteiger partial charge in [0.2, 0.25) is 0 Å². The zero-order chi connectivity index (χ0) is 21.8. The Morgan fingerprint density at radius 1 is 1.18 bits per heavy atom. The molecule has 34 heavy (non-hydrogen) atoms. The maximum atomic E-state index is 12.2. The number of amides is 1. The van der Waals surface area contributed by atoms with Crippen LogP contribution >= 0.6 is 0 Å². The van der Waals surface area contributed by atoms with Crippen LogP contribution < -0.4 is 38.6 Å². The number of hydrogen-bond acceptors (Lipinski definition) is 7. The average molecular weight is 468 g/mol. The SMILES string of the molecule is COc1cc(C(=O)O)ccc1CN1CCOc2ccc(NC(=O)OC3CCCC3)cc21.O.[Li+].[OH-]. The molecule has 1 heterocycles. The van der Waals surface area contributed by atoms with Crippen molar-refractivity contribution in [3.63, 3.8) is 0 Å². The average Bonchev–Trinajstić information content (AvgIpc) is 3.27. The number of methoxy groups -OCH3 is 1. The molecule has 0 radical (unpaired) electrons. The van der Waals surface area contributed by atoms with Gasteiger partial charge in [0, 0.05) is 17.8 Å². The predicted octanol–water partition coefficient (Wildman–Crippen LogP) is 0.286. The van der Waals surface area contributed by atoms with Gasteiger partial charge < -0.3 is 35.2 Å². The van der Waals surface area contributed by atoms with Crippen molar-refractivity contribution in [1.29, 1.82) is 0 Å². The van der Waals surface area contributed by atoms with Crippen LogP contribution in [0.15, 0.2) is 36.4 Å². The van der Waals surface area contributed by atoms with E-state index in [9.17, 15) is 14.7 Å². The summed E-state index contributed by atoms with van der Waals surface area (Å²) in [5, 5.41) is 12.0. The molecule has 10 nitrogen and oxygen atoms in total. The van der Waals surface area contributed by atoms with Gasteiger partial charge in [-0.3, -0.25) is 5.32 Å². The third-order valence-corrected chi connectivity index (χ3v) is 5.64. The van der Waals surface area contributed by atoms with Gasteiger partial charge in [0.05, 0.1) is 24.9 Å². The Morgan fingerprint density at radius 3 is 2.59 bits per heavy atom. The number of aromatic carboxylic acids is 1. The third-order valence-electron chi connectivity index (χ3n) is 5.64. The first-order valence-electron chi connectivity index (χ1n) is 10.4. The Kier molecular flexibility index (Phi) is 11.2. The number of nitrogens with one attached hydrogen (secondary N) is 1. The Labute approximate surface area is 210 Å². The number of carboxylic acids is 1. The molecule has 180 valence electrons. The molecule has 0 bridgehead atoms. The second-order valence-electron chi connectivity index (χ2n) is 7.72. The van der Waals surface area contributed by atoms with Gasteiger partial charge in [0.15, 0.2) is 0 Å². The Hall–Kier alpha value is -2.90. The molecular formula is C23H29LiN2O8. The summed E-state index contributed by atoms with van der Waals surface area (Å²) in [6.45, 7) is 1.68. The molecule has 1 aliphatic heterocycles. The Morgan fingerprint density at radius 2 is 1.91 bits per heavy atom. The maximum Gasteiger partial charge on any atom is 1.00 e.